The Morgan fingerprint density at radius 1 is 0.694 bits per heavy atom. The van der Waals surface area contributed by atoms with Crippen molar-refractivity contribution in [1.82, 2.24) is 5.32 Å². The van der Waals surface area contributed by atoms with Crippen LogP contribution in [-0.4, -0.2) is 34.9 Å². The summed E-state index contributed by atoms with van der Waals surface area (Å²) >= 11 is 0. The topological polar surface area (TPSA) is 69.6 Å². The van der Waals surface area contributed by atoms with Crippen molar-refractivity contribution in [3.8, 4) is 0 Å². The van der Waals surface area contributed by atoms with Crippen LogP contribution in [0.4, 0.5) is 0 Å². The van der Waals surface area contributed by atoms with Crippen molar-refractivity contribution in [2.45, 2.75) is 129 Å². The number of rotatable bonds is 24. The van der Waals surface area contributed by atoms with Gasteiger partial charge in [-0.15, -0.1) is 0 Å². The molecule has 0 aliphatic rings. The number of unbranched alkanes of at least 4 members (excludes halogenated alkanes) is 9. The number of allylic oxidation sites excluding steroid dienone is 9. The number of nitrogens with one attached hydrogen (secondary N) is 1. The number of carbonyl (C=O) groups is 1. The van der Waals surface area contributed by atoms with E-state index in [4.69, 9.17) is 0 Å². The summed E-state index contributed by atoms with van der Waals surface area (Å²) in [7, 11) is 0. The van der Waals surface area contributed by atoms with E-state index in [0.717, 1.165) is 70.6 Å². The van der Waals surface area contributed by atoms with Crippen LogP contribution in [0.2, 0.25) is 0 Å². The number of aliphatic hydroxyl groups excluding tert-OH is 2. The molecule has 0 rings (SSSR count). The minimum Gasteiger partial charge on any atom is -0.394 e. The van der Waals surface area contributed by atoms with Crippen LogP contribution in [0.3, 0.4) is 0 Å². The van der Waals surface area contributed by atoms with E-state index in [2.05, 4.69) is 67.8 Å². The average molecular weight is 502 g/mol. The molecule has 1 amide bonds. The fraction of sp³-hybridized carbons (Fsp3) is 0.656. The lowest BCUT2D eigenvalue weighted by Crippen LogP contribution is -2.45. The molecular formula is C32H55NO3. The molecule has 2 atom stereocenters. The molecule has 0 bridgehead atoms. The van der Waals surface area contributed by atoms with E-state index in [0.29, 0.717) is 6.42 Å². The normalized spacial score (nSPS) is 14.2. The molecule has 0 aliphatic carbocycles. The van der Waals surface area contributed by atoms with E-state index < -0.39 is 12.1 Å². The van der Waals surface area contributed by atoms with Gasteiger partial charge >= 0.3 is 0 Å². The quantitative estimate of drug-likeness (QED) is 0.0930. The fourth-order valence-corrected chi connectivity index (χ4v) is 3.74. The van der Waals surface area contributed by atoms with Crippen LogP contribution >= 0.6 is 0 Å². The second-order valence-electron chi connectivity index (χ2n) is 9.42. The molecule has 0 aromatic carbocycles. The molecule has 0 saturated carbocycles. The van der Waals surface area contributed by atoms with Crippen molar-refractivity contribution < 1.29 is 15.0 Å². The van der Waals surface area contributed by atoms with Gasteiger partial charge < -0.3 is 15.5 Å². The molecule has 0 saturated heterocycles. The van der Waals surface area contributed by atoms with Crippen LogP contribution in [0.1, 0.15) is 117 Å². The monoisotopic (exact) mass is 501 g/mol. The van der Waals surface area contributed by atoms with Gasteiger partial charge in [0, 0.05) is 6.42 Å². The summed E-state index contributed by atoms with van der Waals surface area (Å²) in [5.41, 5.74) is 0. The van der Waals surface area contributed by atoms with E-state index in [-0.39, 0.29) is 12.5 Å². The molecule has 4 heteroatoms. The van der Waals surface area contributed by atoms with Crippen molar-refractivity contribution in [3.63, 3.8) is 0 Å². The Bertz CT molecular complexity index is 633. The van der Waals surface area contributed by atoms with Crippen LogP contribution in [0.5, 0.6) is 0 Å². The van der Waals surface area contributed by atoms with Gasteiger partial charge in [0.25, 0.3) is 0 Å². The zero-order valence-corrected chi connectivity index (χ0v) is 23.3. The second kappa shape index (κ2) is 27.7. The number of aliphatic hydroxyl groups is 2. The maximum Gasteiger partial charge on any atom is 0.220 e. The summed E-state index contributed by atoms with van der Waals surface area (Å²) in [6.45, 7) is 4.04. The van der Waals surface area contributed by atoms with Crippen LogP contribution in [-0.2, 0) is 4.79 Å². The van der Waals surface area contributed by atoms with Gasteiger partial charge in [0.05, 0.1) is 18.8 Å². The first kappa shape index (κ1) is 34.1. The summed E-state index contributed by atoms with van der Waals surface area (Å²) in [5.74, 6) is -0.0944. The van der Waals surface area contributed by atoms with Gasteiger partial charge in [-0.3, -0.25) is 4.79 Å². The molecule has 0 aromatic rings. The first-order valence-electron chi connectivity index (χ1n) is 14.5. The average Bonchev–Trinajstić information content (AvgIpc) is 2.88. The molecule has 0 aromatic heterocycles. The maximum atomic E-state index is 12.2. The third-order valence-corrected chi connectivity index (χ3v) is 5.97. The molecule has 0 aliphatic heterocycles. The minimum atomic E-state index is -0.863. The zero-order chi connectivity index (χ0) is 26.5. The van der Waals surface area contributed by atoms with Crippen molar-refractivity contribution in [2.24, 2.45) is 0 Å². The summed E-state index contributed by atoms with van der Waals surface area (Å²) in [6, 6.07) is -0.641. The van der Waals surface area contributed by atoms with E-state index in [1.807, 2.05) is 6.08 Å². The maximum absolute atomic E-state index is 12.2. The SMILES string of the molecule is CC/C=C\C/C=C\C/C=C\CCCCCCCCCC(=O)NC(CO)C(O)/C=C/CC/C=C/CCC. The predicted molar refractivity (Wildman–Crippen MR) is 156 cm³/mol. The molecular weight excluding hydrogens is 446 g/mol. The van der Waals surface area contributed by atoms with E-state index in [9.17, 15) is 15.0 Å². The molecule has 0 fully saturated rings. The smallest absolute Gasteiger partial charge is 0.220 e. The Labute approximate surface area is 222 Å². The number of carbonyl (C=O) groups excluding carboxylic acids is 1. The van der Waals surface area contributed by atoms with Gasteiger partial charge in [-0.1, -0.05) is 113 Å². The molecule has 3 N–H and O–H groups in total. The summed E-state index contributed by atoms with van der Waals surface area (Å²) < 4.78 is 0. The lowest BCUT2D eigenvalue weighted by Gasteiger charge is -2.19. The summed E-state index contributed by atoms with van der Waals surface area (Å²) in [5, 5.41) is 22.5. The van der Waals surface area contributed by atoms with Gasteiger partial charge in [0.15, 0.2) is 0 Å². The lowest BCUT2D eigenvalue weighted by molar-refractivity contribution is -0.123. The Morgan fingerprint density at radius 2 is 1.25 bits per heavy atom. The molecule has 36 heavy (non-hydrogen) atoms. The van der Waals surface area contributed by atoms with Gasteiger partial charge in [-0.05, 0) is 57.8 Å². The van der Waals surface area contributed by atoms with Crippen LogP contribution < -0.4 is 5.32 Å². The highest BCUT2D eigenvalue weighted by molar-refractivity contribution is 5.76. The third kappa shape index (κ3) is 23.8. The van der Waals surface area contributed by atoms with Gasteiger partial charge in [0.1, 0.15) is 0 Å². The van der Waals surface area contributed by atoms with Crippen LogP contribution in [0.15, 0.2) is 60.8 Å². The Morgan fingerprint density at radius 3 is 1.92 bits per heavy atom. The Hall–Kier alpha value is -1.91. The number of amides is 1. The molecule has 0 heterocycles. The van der Waals surface area contributed by atoms with E-state index >= 15 is 0 Å². The summed E-state index contributed by atoms with van der Waals surface area (Å²) in [6.07, 6.45) is 37.3. The highest BCUT2D eigenvalue weighted by Gasteiger charge is 2.17. The Balaban J connectivity index is 3.70. The summed E-state index contributed by atoms with van der Waals surface area (Å²) in [4.78, 5) is 12.2. The highest BCUT2D eigenvalue weighted by Crippen LogP contribution is 2.10. The largest absolute Gasteiger partial charge is 0.394 e. The van der Waals surface area contributed by atoms with Gasteiger partial charge in [-0.25, -0.2) is 0 Å². The van der Waals surface area contributed by atoms with E-state index in [1.165, 1.54) is 25.7 Å². The third-order valence-electron chi connectivity index (χ3n) is 5.97. The Kier molecular flexibility index (Phi) is 26.2. The number of hydrogen-bond acceptors (Lipinski definition) is 3. The number of hydrogen-bond donors (Lipinski definition) is 3. The van der Waals surface area contributed by atoms with Crippen molar-refractivity contribution in [3.05, 3.63) is 60.8 Å². The fourth-order valence-electron chi connectivity index (χ4n) is 3.74. The standard InChI is InChI=1S/C32H55NO3/c1-3-5-7-9-11-12-13-14-15-16-17-18-19-20-22-24-26-28-32(36)33-30(29-34)31(35)27-25-23-21-10-8-6-4-2/h5,7-8,10-12,14-15,25,27,30-31,34-35H,3-4,6,9,13,16-24,26,28-29H2,1-2H3,(H,33,36)/b7-5-,10-8+,12-11-,15-14-,27-25+. The zero-order valence-electron chi connectivity index (χ0n) is 23.3. The minimum absolute atomic E-state index is 0.0944. The van der Waals surface area contributed by atoms with Crippen molar-refractivity contribution in [1.29, 1.82) is 0 Å². The molecule has 4 nitrogen and oxygen atoms in total. The predicted octanol–water partition coefficient (Wildman–Crippen LogP) is 7.89. The first-order chi connectivity index (χ1) is 17.7. The van der Waals surface area contributed by atoms with Gasteiger partial charge in [-0.2, -0.15) is 0 Å². The molecule has 206 valence electrons. The highest BCUT2D eigenvalue weighted by atomic mass is 16.3. The van der Waals surface area contributed by atoms with E-state index in [1.54, 1.807) is 6.08 Å². The van der Waals surface area contributed by atoms with Crippen molar-refractivity contribution >= 4 is 5.91 Å². The molecule has 2 unspecified atom stereocenters. The van der Waals surface area contributed by atoms with Crippen LogP contribution in [0.25, 0.3) is 0 Å². The second-order valence-corrected chi connectivity index (χ2v) is 9.42. The van der Waals surface area contributed by atoms with Gasteiger partial charge in [0.2, 0.25) is 5.91 Å². The van der Waals surface area contributed by atoms with Crippen molar-refractivity contribution in [2.75, 3.05) is 6.61 Å². The first-order valence-corrected chi connectivity index (χ1v) is 14.5. The lowest BCUT2D eigenvalue weighted by atomic mass is 10.1. The van der Waals surface area contributed by atoms with Crippen LogP contribution in [0, 0.1) is 0 Å². The molecule has 0 spiro atoms. The molecule has 0 radical (unpaired) electrons.